The Morgan fingerprint density at radius 1 is 1.40 bits per heavy atom. The number of carbonyl (C=O) groups excluding carboxylic acids is 1. The minimum absolute atomic E-state index is 0.0295. The first-order valence-electron chi connectivity index (χ1n) is 7.18. The van der Waals surface area contributed by atoms with Crippen LogP contribution in [0.15, 0.2) is 24.3 Å². The highest BCUT2D eigenvalue weighted by Gasteiger charge is 2.28. The van der Waals surface area contributed by atoms with Gasteiger partial charge in [-0.15, -0.1) is 0 Å². The average Bonchev–Trinajstić information content (AvgIpc) is 2.82. The molecule has 110 valence electrons. The maximum Gasteiger partial charge on any atom is 0.220 e. The second-order valence-corrected chi connectivity index (χ2v) is 5.70. The highest BCUT2D eigenvalue weighted by molar-refractivity contribution is 5.76. The van der Waals surface area contributed by atoms with Crippen LogP contribution in [0.2, 0.25) is 0 Å². The van der Waals surface area contributed by atoms with E-state index in [-0.39, 0.29) is 11.8 Å². The Balaban J connectivity index is 1.87. The second-order valence-electron chi connectivity index (χ2n) is 5.70. The largest absolute Gasteiger partial charge is 0.390 e. The van der Waals surface area contributed by atoms with Crippen molar-refractivity contribution >= 4 is 5.91 Å². The molecule has 0 bridgehead atoms. The first-order chi connectivity index (χ1) is 9.58. The van der Waals surface area contributed by atoms with Crippen LogP contribution in [0.5, 0.6) is 0 Å². The summed E-state index contributed by atoms with van der Waals surface area (Å²) >= 11 is 0. The van der Waals surface area contributed by atoms with Gasteiger partial charge < -0.3 is 15.2 Å². The summed E-state index contributed by atoms with van der Waals surface area (Å²) in [4.78, 5) is 11.9. The van der Waals surface area contributed by atoms with Crippen molar-refractivity contribution in [3.8, 4) is 0 Å². The molecule has 4 nitrogen and oxygen atoms in total. The Labute approximate surface area is 120 Å². The molecule has 0 spiro atoms. The summed E-state index contributed by atoms with van der Waals surface area (Å²) in [5, 5.41) is 12.6. The van der Waals surface area contributed by atoms with Gasteiger partial charge in [-0.05, 0) is 17.0 Å². The molecule has 2 atom stereocenters. The molecule has 4 heteroatoms. The van der Waals surface area contributed by atoms with E-state index in [0.29, 0.717) is 32.1 Å². The molecule has 2 rings (SSSR count). The van der Waals surface area contributed by atoms with Crippen molar-refractivity contribution < 1.29 is 14.6 Å². The zero-order chi connectivity index (χ0) is 14.5. The fourth-order valence-electron chi connectivity index (χ4n) is 2.54. The van der Waals surface area contributed by atoms with Crippen LogP contribution in [-0.4, -0.2) is 30.3 Å². The first-order valence-corrected chi connectivity index (χ1v) is 7.18. The fourth-order valence-corrected chi connectivity index (χ4v) is 2.54. The molecule has 1 saturated heterocycles. The van der Waals surface area contributed by atoms with Crippen LogP contribution in [0.1, 0.15) is 37.3 Å². The number of aliphatic hydroxyl groups is 1. The highest BCUT2D eigenvalue weighted by Crippen LogP contribution is 2.20. The van der Waals surface area contributed by atoms with Gasteiger partial charge in [0.2, 0.25) is 5.91 Å². The van der Waals surface area contributed by atoms with Gasteiger partial charge in [-0.1, -0.05) is 38.1 Å². The summed E-state index contributed by atoms with van der Waals surface area (Å²) in [7, 11) is 0. The minimum Gasteiger partial charge on any atom is -0.390 e. The van der Waals surface area contributed by atoms with E-state index in [0.717, 1.165) is 5.56 Å². The van der Waals surface area contributed by atoms with Gasteiger partial charge in [-0.3, -0.25) is 4.79 Å². The Bertz CT molecular complexity index is 459. The molecule has 1 aliphatic heterocycles. The third-order valence-electron chi connectivity index (χ3n) is 3.77. The molecule has 0 radical (unpaired) electrons. The molecular weight excluding hydrogens is 254 g/mol. The molecule has 0 unspecified atom stereocenters. The van der Waals surface area contributed by atoms with Crippen molar-refractivity contribution in [1.29, 1.82) is 0 Å². The lowest BCUT2D eigenvalue weighted by Gasteiger charge is -2.15. The third kappa shape index (κ3) is 3.81. The monoisotopic (exact) mass is 277 g/mol. The summed E-state index contributed by atoms with van der Waals surface area (Å²) < 4.78 is 5.15. The van der Waals surface area contributed by atoms with Gasteiger partial charge in [0.05, 0.1) is 19.3 Å². The predicted molar refractivity (Wildman–Crippen MR) is 77.3 cm³/mol. The van der Waals surface area contributed by atoms with Crippen molar-refractivity contribution in [2.45, 2.75) is 38.8 Å². The zero-order valence-corrected chi connectivity index (χ0v) is 12.1. The van der Waals surface area contributed by atoms with E-state index in [1.807, 2.05) is 18.2 Å². The Morgan fingerprint density at radius 3 is 2.80 bits per heavy atom. The molecule has 1 fully saturated rings. The summed E-state index contributed by atoms with van der Waals surface area (Å²) in [5.74, 6) is 0.335. The lowest BCUT2D eigenvalue weighted by atomic mass is 9.97. The predicted octanol–water partition coefficient (Wildman–Crippen LogP) is 1.82. The number of hydrogen-bond donors (Lipinski definition) is 2. The number of rotatable bonds is 5. The van der Waals surface area contributed by atoms with E-state index in [2.05, 4.69) is 25.2 Å². The van der Waals surface area contributed by atoms with Crippen molar-refractivity contribution in [3.05, 3.63) is 35.4 Å². The van der Waals surface area contributed by atoms with Gasteiger partial charge in [-0.25, -0.2) is 0 Å². The summed E-state index contributed by atoms with van der Waals surface area (Å²) in [6.07, 6.45) is -0.186. The molecule has 0 aromatic heterocycles. The van der Waals surface area contributed by atoms with Crippen molar-refractivity contribution in [1.82, 2.24) is 5.32 Å². The number of aliphatic hydroxyl groups excluding tert-OH is 1. The molecule has 0 saturated carbocycles. The first kappa shape index (κ1) is 15.0. The normalized spacial score (nSPS) is 22.2. The molecule has 20 heavy (non-hydrogen) atoms. The standard InChI is InChI=1S/C16H23NO3/c1-11(2)14-6-4-3-5-12(14)8-17-16(19)7-13-9-20-10-15(13)18/h3-6,11,13,15,18H,7-10H2,1-2H3,(H,17,19)/t13-,15-/m1/s1. The SMILES string of the molecule is CC(C)c1ccccc1CNC(=O)C[C@@H]1COC[C@H]1O. The van der Waals surface area contributed by atoms with Crippen molar-refractivity contribution in [3.63, 3.8) is 0 Å². The molecular formula is C16H23NO3. The quantitative estimate of drug-likeness (QED) is 0.863. The highest BCUT2D eigenvalue weighted by atomic mass is 16.5. The van der Waals surface area contributed by atoms with Gasteiger partial charge in [0, 0.05) is 18.9 Å². The van der Waals surface area contributed by atoms with Gasteiger partial charge in [0.15, 0.2) is 0 Å². The lowest BCUT2D eigenvalue weighted by molar-refractivity contribution is -0.122. The average molecular weight is 277 g/mol. The van der Waals surface area contributed by atoms with E-state index in [1.54, 1.807) is 0 Å². The van der Waals surface area contributed by atoms with E-state index >= 15 is 0 Å². The summed E-state index contributed by atoms with van der Waals surface area (Å²) in [5.41, 5.74) is 2.41. The Morgan fingerprint density at radius 2 is 2.15 bits per heavy atom. The maximum atomic E-state index is 11.9. The van der Waals surface area contributed by atoms with Gasteiger partial charge in [0.25, 0.3) is 0 Å². The van der Waals surface area contributed by atoms with Gasteiger partial charge in [-0.2, -0.15) is 0 Å². The van der Waals surface area contributed by atoms with Crippen LogP contribution in [0.4, 0.5) is 0 Å². The number of amides is 1. The van der Waals surface area contributed by atoms with Crippen LogP contribution >= 0.6 is 0 Å². The van der Waals surface area contributed by atoms with E-state index < -0.39 is 6.10 Å². The molecule has 1 aromatic carbocycles. The summed E-state index contributed by atoms with van der Waals surface area (Å²) in [6, 6.07) is 8.15. The van der Waals surface area contributed by atoms with E-state index in [1.165, 1.54) is 5.56 Å². The second kappa shape index (κ2) is 6.86. The van der Waals surface area contributed by atoms with Crippen LogP contribution in [-0.2, 0) is 16.1 Å². The molecule has 1 aromatic rings. The molecule has 1 amide bonds. The molecule has 1 heterocycles. The van der Waals surface area contributed by atoms with Crippen LogP contribution in [0.25, 0.3) is 0 Å². The molecule has 1 aliphatic rings. The fraction of sp³-hybridized carbons (Fsp3) is 0.562. The topological polar surface area (TPSA) is 58.6 Å². The minimum atomic E-state index is -0.510. The number of benzene rings is 1. The Hall–Kier alpha value is -1.39. The van der Waals surface area contributed by atoms with Crippen LogP contribution in [0.3, 0.4) is 0 Å². The summed E-state index contributed by atoms with van der Waals surface area (Å²) in [6.45, 7) is 5.64. The maximum absolute atomic E-state index is 11.9. The Kier molecular flexibility index (Phi) is 5.15. The number of carbonyl (C=O) groups is 1. The number of ether oxygens (including phenoxy) is 1. The smallest absolute Gasteiger partial charge is 0.220 e. The molecule has 0 aliphatic carbocycles. The zero-order valence-electron chi connectivity index (χ0n) is 12.1. The lowest BCUT2D eigenvalue weighted by Crippen LogP contribution is -2.29. The molecule has 2 N–H and O–H groups in total. The van der Waals surface area contributed by atoms with E-state index in [4.69, 9.17) is 4.74 Å². The van der Waals surface area contributed by atoms with Crippen LogP contribution < -0.4 is 5.32 Å². The van der Waals surface area contributed by atoms with Crippen LogP contribution in [0, 0.1) is 5.92 Å². The van der Waals surface area contributed by atoms with Crippen molar-refractivity contribution in [2.24, 2.45) is 5.92 Å². The van der Waals surface area contributed by atoms with Crippen molar-refractivity contribution in [2.75, 3.05) is 13.2 Å². The number of nitrogens with one attached hydrogen (secondary N) is 1. The third-order valence-corrected chi connectivity index (χ3v) is 3.77. The van der Waals surface area contributed by atoms with E-state index in [9.17, 15) is 9.90 Å². The van der Waals surface area contributed by atoms with Gasteiger partial charge >= 0.3 is 0 Å². The van der Waals surface area contributed by atoms with Gasteiger partial charge in [0.1, 0.15) is 0 Å². The number of hydrogen-bond acceptors (Lipinski definition) is 3.